The molecule has 8 heteroatoms. The highest BCUT2D eigenvalue weighted by atomic mass is 19.1. The minimum atomic E-state index is -1.06. The lowest BCUT2D eigenvalue weighted by molar-refractivity contribution is -0.133. The molecule has 1 amide bonds. The molecule has 2 atom stereocenters. The normalized spacial score (nSPS) is 22.4. The van der Waals surface area contributed by atoms with E-state index in [1.165, 1.54) is 12.1 Å². The van der Waals surface area contributed by atoms with Crippen LogP contribution in [0.4, 0.5) is 8.78 Å². The van der Waals surface area contributed by atoms with Crippen LogP contribution in [0, 0.1) is 11.6 Å². The Morgan fingerprint density at radius 2 is 1.93 bits per heavy atom. The molecule has 0 spiro atoms. The minimum Gasteiger partial charge on any atom is -0.379 e. The fourth-order valence-corrected chi connectivity index (χ4v) is 4.08. The highest BCUT2D eigenvalue weighted by molar-refractivity contribution is 5.85. The molecule has 1 aromatic carbocycles. The van der Waals surface area contributed by atoms with Gasteiger partial charge < -0.3 is 15.0 Å². The number of imidazole rings is 1. The minimum absolute atomic E-state index is 0.215. The number of primary amides is 1. The molecule has 0 aliphatic carbocycles. The summed E-state index contributed by atoms with van der Waals surface area (Å²) in [5.74, 6) is -0.891. The van der Waals surface area contributed by atoms with Crippen LogP contribution in [0.1, 0.15) is 36.5 Å². The number of ether oxygens (including phenoxy) is 1. The number of benzene rings is 1. The number of hydrogen-bond acceptors (Lipinski definition) is 4. The number of amides is 1. The van der Waals surface area contributed by atoms with Crippen LogP contribution in [0.25, 0.3) is 0 Å². The van der Waals surface area contributed by atoms with Crippen molar-refractivity contribution in [2.24, 2.45) is 5.73 Å². The van der Waals surface area contributed by atoms with Crippen LogP contribution in [0.15, 0.2) is 24.4 Å². The molecule has 144 valence electrons. The van der Waals surface area contributed by atoms with Gasteiger partial charge in [0.25, 0.3) is 0 Å². The Morgan fingerprint density at radius 3 is 2.56 bits per heavy atom. The second-order valence-electron chi connectivity index (χ2n) is 7.24. The zero-order valence-electron chi connectivity index (χ0n) is 15.1. The molecular weight excluding hydrogens is 354 g/mol. The first-order valence-corrected chi connectivity index (χ1v) is 9.06. The number of hydrogen-bond donors (Lipinski definition) is 1. The van der Waals surface area contributed by atoms with Gasteiger partial charge in [0, 0.05) is 31.8 Å². The maximum atomic E-state index is 13.7. The van der Waals surface area contributed by atoms with Gasteiger partial charge in [-0.3, -0.25) is 9.69 Å². The molecule has 0 saturated carbocycles. The van der Waals surface area contributed by atoms with Gasteiger partial charge in [-0.15, -0.1) is 0 Å². The Balaban J connectivity index is 1.72. The van der Waals surface area contributed by atoms with Crippen molar-refractivity contribution in [3.05, 3.63) is 53.1 Å². The van der Waals surface area contributed by atoms with Crippen LogP contribution < -0.4 is 5.73 Å². The van der Waals surface area contributed by atoms with E-state index in [4.69, 9.17) is 10.5 Å². The van der Waals surface area contributed by atoms with Crippen LogP contribution in [0.2, 0.25) is 0 Å². The maximum Gasteiger partial charge on any atom is 0.243 e. The summed E-state index contributed by atoms with van der Waals surface area (Å²) >= 11 is 0. The number of nitrogens with zero attached hydrogens (tertiary/aromatic N) is 3. The van der Waals surface area contributed by atoms with Crippen LogP contribution in [0.5, 0.6) is 0 Å². The number of halogens is 2. The number of carbonyl (C=O) groups excluding carboxylic acids is 1. The van der Waals surface area contributed by atoms with Gasteiger partial charge in [0.15, 0.2) is 0 Å². The smallest absolute Gasteiger partial charge is 0.243 e. The van der Waals surface area contributed by atoms with Crippen LogP contribution >= 0.6 is 0 Å². The number of fused-ring (bicyclic) bond motifs is 1. The van der Waals surface area contributed by atoms with Crippen LogP contribution in [-0.2, 0) is 21.5 Å². The first-order chi connectivity index (χ1) is 12.9. The van der Waals surface area contributed by atoms with E-state index in [0.29, 0.717) is 50.4 Å². The quantitative estimate of drug-likeness (QED) is 0.882. The van der Waals surface area contributed by atoms with Crippen molar-refractivity contribution in [1.29, 1.82) is 0 Å². The molecule has 1 aromatic heterocycles. The Morgan fingerprint density at radius 1 is 1.26 bits per heavy atom. The third-order valence-corrected chi connectivity index (χ3v) is 5.68. The molecule has 0 radical (unpaired) electrons. The number of aryl methyl sites for hydroxylation is 1. The van der Waals surface area contributed by atoms with Crippen molar-refractivity contribution < 1.29 is 18.3 Å². The Kier molecular flexibility index (Phi) is 4.47. The highest BCUT2D eigenvalue weighted by Crippen LogP contribution is 2.36. The van der Waals surface area contributed by atoms with Gasteiger partial charge in [-0.2, -0.15) is 0 Å². The van der Waals surface area contributed by atoms with Crippen molar-refractivity contribution in [1.82, 2.24) is 14.5 Å². The van der Waals surface area contributed by atoms with E-state index < -0.39 is 23.1 Å². The second kappa shape index (κ2) is 6.69. The molecule has 1 saturated heterocycles. The van der Waals surface area contributed by atoms with Gasteiger partial charge in [-0.1, -0.05) is 0 Å². The lowest BCUT2D eigenvalue weighted by atomic mass is 9.94. The number of aromatic nitrogens is 2. The molecule has 1 fully saturated rings. The summed E-state index contributed by atoms with van der Waals surface area (Å²) in [7, 11) is 0. The molecule has 3 heterocycles. The summed E-state index contributed by atoms with van der Waals surface area (Å²) < 4.78 is 34.6. The standard InChI is InChI=1S/C19H22F2N4O2/c1-19(18(22)26,24-4-6-27-7-5-24)16-11-25-15(2-3-17(25)23-16)12-8-13(20)10-14(21)9-12/h8-11,15H,2-7H2,1H3,(H2,22,26)/t15-,19?/m1/s1. The summed E-state index contributed by atoms with van der Waals surface area (Å²) in [6.45, 7) is 4.00. The van der Waals surface area contributed by atoms with E-state index >= 15 is 0 Å². The summed E-state index contributed by atoms with van der Waals surface area (Å²) in [6.07, 6.45) is 3.17. The third-order valence-electron chi connectivity index (χ3n) is 5.68. The predicted octanol–water partition coefficient (Wildman–Crippen LogP) is 1.73. The van der Waals surface area contributed by atoms with Gasteiger partial charge in [0.1, 0.15) is 23.0 Å². The fraction of sp³-hybridized carbons (Fsp3) is 0.474. The summed E-state index contributed by atoms with van der Waals surface area (Å²) in [4.78, 5) is 19.0. The van der Waals surface area contributed by atoms with Crippen molar-refractivity contribution >= 4 is 5.91 Å². The molecule has 4 rings (SSSR count). The van der Waals surface area contributed by atoms with E-state index in [9.17, 15) is 13.6 Å². The highest BCUT2D eigenvalue weighted by Gasteiger charge is 2.43. The number of rotatable bonds is 4. The molecule has 27 heavy (non-hydrogen) atoms. The molecular formula is C19H22F2N4O2. The van der Waals surface area contributed by atoms with Gasteiger partial charge in [0.05, 0.1) is 24.9 Å². The average molecular weight is 376 g/mol. The lowest BCUT2D eigenvalue weighted by Crippen LogP contribution is -2.56. The average Bonchev–Trinajstić information content (AvgIpc) is 3.21. The molecule has 0 bridgehead atoms. The third kappa shape index (κ3) is 3.02. The van der Waals surface area contributed by atoms with Crippen molar-refractivity contribution in [3.63, 3.8) is 0 Å². The van der Waals surface area contributed by atoms with Crippen LogP contribution in [0.3, 0.4) is 0 Å². The first-order valence-electron chi connectivity index (χ1n) is 9.06. The van der Waals surface area contributed by atoms with Gasteiger partial charge in [0.2, 0.25) is 5.91 Å². The molecule has 1 unspecified atom stereocenters. The Bertz CT molecular complexity index is 858. The Labute approximate surface area is 155 Å². The van der Waals surface area contributed by atoms with E-state index in [0.717, 1.165) is 11.9 Å². The number of nitrogens with two attached hydrogens (primary N) is 1. The van der Waals surface area contributed by atoms with Gasteiger partial charge in [-0.05, 0) is 31.0 Å². The van der Waals surface area contributed by atoms with Gasteiger partial charge in [-0.25, -0.2) is 13.8 Å². The second-order valence-corrected chi connectivity index (χ2v) is 7.24. The first kappa shape index (κ1) is 18.1. The van der Waals surface area contributed by atoms with Crippen molar-refractivity contribution in [2.45, 2.75) is 31.3 Å². The topological polar surface area (TPSA) is 73.4 Å². The number of carbonyl (C=O) groups is 1. The van der Waals surface area contributed by atoms with E-state index in [2.05, 4.69) is 4.98 Å². The monoisotopic (exact) mass is 376 g/mol. The lowest BCUT2D eigenvalue weighted by Gasteiger charge is -2.39. The van der Waals surface area contributed by atoms with Gasteiger partial charge >= 0.3 is 0 Å². The van der Waals surface area contributed by atoms with E-state index in [-0.39, 0.29) is 6.04 Å². The molecule has 2 aromatic rings. The summed E-state index contributed by atoms with van der Waals surface area (Å²) in [5, 5.41) is 0. The molecule has 6 nitrogen and oxygen atoms in total. The molecule has 2 N–H and O–H groups in total. The molecule has 2 aliphatic rings. The van der Waals surface area contributed by atoms with Crippen LogP contribution in [-0.4, -0.2) is 46.7 Å². The predicted molar refractivity (Wildman–Crippen MR) is 94.0 cm³/mol. The van der Waals surface area contributed by atoms with E-state index in [1.54, 1.807) is 13.1 Å². The summed E-state index contributed by atoms with van der Waals surface area (Å²) in [5.41, 5.74) is 5.83. The largest absolute Gasteiger partial charge is 0.379 e. The van der Waals surface area contributed by atoms with Crippen molar-refractivity contribution in [3.8, 4) is 0 Å². The zero-order chi connectivity index (χ0) is 19.2. The fourth-order valence-electron chi connectivity index (χ4n) is 4.08. The molecule has 2 aliphatic heterocycles. The number of morpholine rings is 1. The van der Waals surface area contributed by atoms with E-state index in [1.807, 2.05) is 9.47 Å². The SMILES string of the molecule is CC(C(N)=O)(c1cn2c(n1)CC[C@@H]2c1cc(F)cc(F)c1)N1CCOCC1. The van der Waals surface area contributed by atoms with Crippen molar-refractivity contribution in [2.75, 3.05) is 26.3 Å². The zero-order valence-corrected chi connectivity index (χ0v) is 15.1. The summed E-state index contributed by atoms with van der Waals surface area (Å²) in [6, 6.07) is 3.34. The Hall–Kier alpha value is -2.32. The maximum absolute atomic E-state index is 13.7.